The van der Waals surface area contributed by atoms with Crippen molar-refractivity contribution in [1.82, 2.24) is 0 Å². The minimum Gasteiger partial charge on any atom is -0.507 e. The summed E-state index contributed by atoms with van der Waals surface area (Å²) in [6, 6.07) is 6.25. The number of aliphatic hydroxyl groups is 1. The summed E-state index contributed by atoms with van der Waals surface area (Å²) < 4.78 is 0. The van der Waals surface area contributed by atoms with Crippen LogP contribution in [0.4, 0.5) is 0 Å². The van der Waals surface area contributed by atoms with Gasteiger partial charge in [0, 0.05) is 11.6 Å². The van der Waals surface area contributed by atoms with E-state index in [2.05, 4.69) is 0 Å². The van der Waals surface area contributed by atoms with Crippen molar-refractivity contribution in [3.8, 4) is 0 Å². The van der Waals surface area contributed by atoms with Crippen LogP contribution in [0.3, 0.4) is 0 Å². The fourth-order valence-corrected chi connectivity index (χ4v) is 1.17. The fraction of sp³-hybridized carbons (Fsp3) is 0. The fourth-order valence-electron chi connectivity index (χ4n) is 0.933. The second kappa shape index (κ2) is 4.61. The molecule has 5 heteroatoms. The van der Waals surface area contributed by atoms with Gasteiger partial charge in [0.1, 0.15) is 5.76 Å². The summed E-state index contributed by atoms with van der Waals surface area (Å²) >= 11 is 5.72. The number of aliphatic hydroxyl groups excluding tert-OH is 1. The molecule has 1 rings (SSSR count). The Morgan fingerprint density at radius 2 is 1.80 bits per heavy atom. The molecule has 0 saturated heterocycles. The van der Waals surface area contributed by atoms with E-state index in [9.17, 15) is 14.7 Å². The standard InChI is InChI=1S/C10H7ClO4/c11-7-4-2-1-3-6(7)8(12)5-9(13)10(14)15/h1-5,12H,(H,14,15). The van der Waals surface area contributed by atoms with Crippen molar-refractivity contribution in [1.29, 1.82) is 0 Å². The number of rotatable bonds is 3. The summed E-state index contributed by atoms with van der Waals surface area (Å²) in [5, 5.41) is 18.0. The van der Waals surface area contributed by atoms with Gasteiger partial charge in [0.05, 0.1) is 5.02 Å². The maximum Gasteiger partial charge on any atom is 0.376 e. The molecule has 0 fully saturated rings. The summed E-state index contributed by atoms with van der Waals surface area (Å²) in [5.74, 6) is -3.30. The molecule has 2 N–H and O–H groups in total. The lowest BCUT2D eigenvalue weighted by molar-refractivity contribution is -0.146. The van der Waals surface area contributed by atoms with E-state index in [0.717, 1.165) is 0 Å². The molecule has 0 amide bonds. The van der Waals surface area contributed by atoms with E-state index < -0.39 is 17.5 Å². The molecule has 0 atom stereocenters. The Bertz CT molecular complexity index is 437. The first-order valence-electron chi connectivity index (χ1n) is 3.95. The van der Waals surface area contributed by atoms with Crippen LogP contribution in [0.15, 0.2) is 30.3 Å². The minimum atomic E-state index is -1.63. The Labute approximate surface area is 90.4 Å². The Kier molecular flexibility index (Phi) is 3.46. The van der Waals surface area contributed by atoms with Crippen LogP contribution in [-0.2, 0) is 9.59 Å². The second-order valence-electron chi connectivity index (χ2n) is 2.68. The molecular formula is C10H7ClO4. The lowest BCUT2D eigenvalue weighted by atomic mass is 10.1. The third-order valence-corrected chi connectivity index (χ3v) is 1.96. The molecule has 0 aliphatic rings. The summed E-state index contributed by atoms with van der Waals surface area (Å²) in [7, 11) is 0. The maximum absolute atomic E-state index is 10.8. The van der Waals surface area contributed by atoms with Gasteiger partial charge in [-0.1, -0.05) is 23.7 Å². The predicted molar refractivity (Wildman–Crippen MR) is 54.7 cm³/mol. The van der Waals surface area contributed by atoms with Gasteiger partial charge in [0.25, 0.3) is 5.78 Å². The van der Waals surface area contributed by atoms with Crippen LogP contribution in [0.2, 0.25) is 5.02 Å². The van der Waals surface area contributed by atoms with E-state index in [1.165, 1.54) is 12.1 Å². The van der Waals surface area contributed by atoms with Crippen LogP contribution in [-0.4, -0.2) is 22.0 Å². The number of ketones is 1. The smallest absolute Gasteiger partial charge is 0.376 e. The highest BCUT2D eigenvalue weighted by molar-refractivity contribution is 6.39. The zero-order chi connectivity index (χ0) is 11.4. The van der Waals surface area contributed by atoms with E-state index in [-0.39, 0.29) is 10.6 Å². The Morgan fingerprint density at radius 1 is 1.20 bits per heavy atom. The van der Waals surface area contributed by atoms with Gasteiger partial charge in [0.15, 0.2) is 0 Å². The topological polar surface area (TPSA) is 74.6 Å². The van der Waals surface area contributed by atoms with Crippen LogP contribution in [0.25, 0.3) is 5.76 Å². The van der Waals surface area contributed by atoms with E-state index in [1.54, 1.807) is 12.1 Å². The molecule has 0 aliphatic heterocycles. The molecule has 0 heterocycles. The van der Waals surface area contributed by atoms with Crippen molar-refractivity contribution in [2.24, 2.45) is 0 Å². The average molecular weight is 227 g/mol. The van der Waals surface area contributed by atoms with E-state index in [0.29, 0.717) is 6.08 Å². The molecule has 4 nitrogen and oxygen atoms in total. The zero-order valence-electron chi connectivity index (χ0n) is 7.48. The first-order chi connectivity index (χ1) is 7.02. The molecule has 15 heavy (non-hydrogen) atoms. The van der Waals surface area contributed by atoms with E-state index in [4.69, 9.17) is 16.7 Å². The molecule has 0 bridgehead atoms. The number of benzene rings is 1. The monoisotopic (exact) mass is 226 g/mol. The van der Waals surface area contributed by atoms with Crippen LogP contribution >= 0.6 is 11.6 Å². The Morgan fingerprint density at radius 3 is 2.33 bits per heavy atom. The number of carboxylic acids is 1. The molecular weight excluding hydrogens is 220 g/mol. The third-order valence-electron chi connectivity index (χ3n) is 1.63. The SMILES string of the molecule is O=C(O)C(=O)C=C(O)c1ccccc1Cl. The quantitative estimate of drug-likeness (QED) is 0.469. The molecule has 0 aliphatic carbocycles. The lowest BCUT2D eigenvalue weighted by Gasteiger charge is -2.01. The van der Waals surface area contributed by atoms with Crippen LogP contribution in [0.1, 0.15) is 5.56 Å². The second-order valence-corrected chi connectivity index (χ2v) is 3.09. The number of hydrogen-bond acceptors (Lipinski definition) is 3. The van der Waals surface area contributed by atoms with Crippen LogP contribution in [0.5, 0.6) is 0 Å². The highest BCUT2D eigenvalue weighted by Crippen LogP contribution is 2.21. The normalized spacial score (nSPS) is 11.1. The van der Waals surface area contributed by atoms with Crippen molar-refractivity contribution in [2.75, 3.05) is 0 Å². The first-order valence-corrected chi connectivity index (χ1v) is 4.33. The summed E-state index contributed by atoms with van der Waals surface area (Å²) in [6.07, 6.45) is 0.615. The van der Waals surface area contributed by atoms with Gasteiger partial charge >= 0.3 is 5.97 Å². The third kappa shape index (κ3) is 2.82. The minimum absolute atomic E-state index is 0.216. The van der Waals surface area contributed by atoms with Crippen molar-refractivity contribution >= 4 is 29.1 Å². The predicted octanol–water partition coefficient (Wildman–Crippen LogP) is 1.89. The van der Waals surface area contributed by atoms with Gasteiger partial charge in [0.2, 0.25) is 0 Å². The van der Waals surface area contributed by atoms with Crippen molar-refractivity contribution in [3.63, 3.8) is 0 Å². The van der Waals surface area contributed by atoms with E-state index >= 15 is 0 Å². The van der Waals surface area contributed by atoms with Gasteiger partial charge in [-0.15, -0.1) is 0 Å². The van der Waals surface area contributed by atoms with Gasteiger partial charge in [-0.2, -0.15) is 0 Å². The summed E-state index contributed by atoms with van der Waals surface area (Å²) in [5.41, 5.74) is 0.216. The number of carboxylic acid groups (broad SMARTS) is 1. The highest BCUT2D eigenvalue weighted by atomic mass is 35.5. The Hall–Kier alpha value is -1.81. The highest BCUT2D eigenvalue weighted by Gasteiger charge is 2.11. The van der Waals surface area contributed by atoms with Gasteiger partial charge < -0.3 is 10.2 Å². The van der Waals surface area contributed by atoms with Crippen molar-refractivity contribution < 1.29 is 19.8 Å². The lowest BCUT2D eigenvalue weighted by Crippen LogP contribution is -2.09. The summed E-state index contributed by atoms with van der Waals surface area (Å²) in [4.78, 5) is 21.0. The van der Waals surface area contributed by atoms with Crippen LogP contribution < -0.4 is 0 Å². The van der Waals surface area contributed by atoms with Crippen molar-refractivity contribution in [2.45, 2.75) is 0 Å². The van der Waals surface area contributed by atoms with E-state index in [1.807, 2.05) is 0 Å². The molecule has 78 valence electrons. The number of aliphatic carboxylic acids is 1. The molecule has 1 aromatic rings. The molecule has 0 aromatic heterocycles. The van der Waals surface area contributed by atoms with Crippen molar-refractivity contribution in [3.05, 3.63) is 40.9 Å². The number of carbonyl (C=O) groups excluding carboxylic acids is 1. The zero-order valence-corrected chi connectivity index (χ0v) is 8.23. The number of halogens is 1. The van der Waals surface area contributed by atoms with Gasteiger partial charge in [-0.3, -0.25) is 4.79 Å². The molecule has 0 radical (unpaired) electrons. The van der Waals surface area contributed by atoms with Crippen LogP contribution in [0, 0.1) is 0 Å². The molecule has 0 saturated carbocycles. The van der Waals surface area contributed by atoms with Gasteiger partial charge in [-0.25, -0.2) is 4.79 Å². The van der Waals surface area contributed by atoms with Gasteiger partial charge in [-0.05, 0) is 12.1 Å². The molecule has 0 unspecified atom stereocenters. The molecule has 1 aromatic carbocycles. The number of carbonyl (C=O) groups is 2. The number of hydrogen-bond donors (Lipinski definition) is 2. The maximum atomic E-state index is 10.8. The Balaban J connectivity index is 3.05. The average Bonchev–Trinajstić information content (AvgIpc) is 2.18. The first kappa shape index (κ1) is 11.3. The molecule has 0 spiro atoms. The largest absolute Gasteiger partial charge is 0.507 e. The summed E-state index contributed by atoms with van der Waals surface area (Å²) in [6.45, 7) is 0.